The van der Waals surface area contributed by atoms with Crippen molar-refractivity contribution in [2.75, 3.05) is 5.32 Å². The van der Waals surface area contributed by atoms with Crippen LogP contribution in [0.4, 0.5) is 15.3 Å². The van der Waals surface area contributed by atoms with Crippen molar-refractivity contribution in [2.24, 2.45) is 0 Å². The Bertz CT molecular complexity index is 1650. The molecule has 8 heteroatoms. The Morgan fingerprint density at radius 3 is 2.41 bits per heavy atom. The first-order valence-electron chi connectivity index (χ1n) is 13.7. The van der Waals surface area contributed by atoms with Crippen molar-refractivity contribution in [3.63, 3.8) is 0 Å². The number of carbonyl (C=O) groups excluding carboxylic acids is 1. The molecule has 208 valence electrons. The minimum Gasteiger partial charge on any atom is -0.449 e. The van der Waals surface area contributed by atoms with Gasteiger partial charge in [0.25, 0.3) is 0 Å². The number of aryl methyl sites for hydroxylation is 1. The normalized spacial score (nSPS) is 10.9. The van der Waals surface area contributed by atoms with Gasteiger partial charge >= 0.3 is 12.2 Å². The van der Waals surface area contributed by atoms with E-state index in [0.29, 0.717) is 30.1 Å². The van der Waals surface area contributed by atoms with E-state index in [9.17, 15) is 9.59 Å². The Hall–Kier alpha value is -5.11. The molecule has 0 bridgehead atoms. The average molecular weight is 549 g/mol. The third-order valence-corrected chi connectivity index (χ3v) is 6.82. The maximum Gasteiger partial charge on any atom is 0.511 e. The van der Waals surface area contributed by atoms with Gasteiger partial charge in [0.1, 0.15) is 11.6 Å². The summed E-state index contributed by atoms with van der Waals surface area (Å²) in [5.41, 5.74) is 6.18. The van der Waals surface area contributed by atoms with Crippen molar-refractivity contribution >= 4 is 28.9 Å². The lowest BCUT2D eigenvalue weighted by Gasteiger charge is -2.12. The Balaban J connectivity index is 1.37. The Kier molecular flexibility index (Phi) is 8.59. The van der Waals surface area contributed by atoms with Gasteiger partial charge in [-0.1, -0.05) is 86.1 Å². The molecule has 0 saturated heterocycles. The van der Waals surface area contributed by atoms with Gasteiger partial charge in [-0.2, -0.15) is 0 Å². The van der Waals surface area contributed by atoms with Crippen LogP contribution < -0.4 is 15.4 Å². The molecule has 0 spiro atoms. The number of benzene rings is 4. The summed E-state index contributed by atoms with van der Waals surface area (Å²) >= 11 is 0. The highest BCUT2D eigenvalue weighted by molar-refractivity contribution is 5.92. The molecule has 41 heavy (non-hydrogen) atoms. The molecule has 2 amide bonds. The van der Waals surface area contributed by atoms with Gasteiger partial charge < -0.3 is 25.0 Å². The first-order valence-corrected chi connectivity index (χ1v) is 13.7. The molecule has 5 rings (SSSR count). The third-order valence-electron chi connectivity index (χ3n) is 6.82. The minimum absolute atomic E-state index is 0.270. The summed E-state index contributed by atoms with van der Waals surface area (Å²) in [7, 11) is 0. The predicted octanol–water partition coefficient (Wildman–Crippen LogP) is 7.47. The average Bonchev–Trinajstić information content (AvgIpc) is 3.32. The van der Waals surface area contributed by atoms with Crippen molar-refractivity contribution in [1.82, 2.24) is 14.9 Å². The Morgan fingerprint density at radius 1 is 0.902 bits per heavy atom. The largest absolute Gasteiger partial charge is 0.511 e. The monoisotopic (exact) mass is 548 g/mol. The zero-order valence-electron chi connectivity index (χ0n) is 22.8. The predicted molar refractivity (Wildman–Crippen MR) is 160 cm³/mol. The summed E-state index contributed by atoms with van der Waals surface area (Å²) in [6, 6.07) is 30.3. The van der Waals surface area contributed by atoms with Crippen molar-refractivity contribution < 1.29 is 19.4 Å². The van der Waals surface area contributed by atoms with Crippen LogP contribution in [0, 0.1) is 0 Å². The quantitative estimate of drug-likeness (QED) is 0.124. The number of hydrogen-bond donors (Lipinski definition) is 3. The number of nitrogens with one attached hydrogen (secondary N) is 2. The van der Waals surface area contributed by atoms with E-state index in [1.807, 2.05) is 84.9 Å². The van der Waals surface area contributed by atoms with Crippen LogP contribution in [-0.4, -0.2) is 26.8 Å². The minimum atomic E-state index is -1.34. The number of imidazole rings is 1. The zero-order chi connectivity index (χ0) is 28.6. The lowest BCUT2D eigenvalue weighted by atomic mass is 10.0. The van der Waals surface area contributed by atoms with E-state index >= 15 is 0 Å². The number of nitrogens with zero attached hydrogens (tertiary/aromatic N) is 2. The van der Waals surface area contributed by atoms with Crippen molar-refractivity contribution in [3.8, 4) is 16.9 Å². The second-order valence-electron chi connectivity index (χ2n) is 9.78. The Labute approximate surface area is 238 Å². The number of rotatable bonds is 10. The molecule has 5 aromatic rings. The molecule has 0 fully saturated rings. The summed E-state index contributed by atoms with van der Waals surface area (Å²) in [4.78, 5) is 28.6. The van der Waals surface area contributed by atoms with Gasteiger partial charge in [0, 0.05) is 30.8 Å². The summed E-state index contributed by atoms with van der Waals surface area (Å²) in [5.74, 6) is 1.29. The fraction of sp³-hybridized carbons (Fsp3) is 0.182. The van der Waals surface area contributed by atoms with Crippen LogP contribution in [0.3, 0.4) is 0 Å². The molecule has 0 aliphatic carbocycles. The third kappa shape index (κ3) is 6.91. The second-order valence-corrected chi connectivity index (χ2v) is 9.78. The molecule has 0 unspecified atom stereocenters. The molecule has 0 aliphatic rings. The van der Waals surface area contributed by atoms with Gasteiger partial charge in [-0.05, 0) is 47.4 Å². The lowest BCUT2D eigenvalue weighted by Crippen LogP contribution is -2.28. The van der Waals surface area contributed by atoms with Crippen LogP contribution in [0.5, 0.6) is 5.75 Å². The topological polar surface area (TPSA) is 105 Å². The molecule has 0 radical (unpaired) electrons. The highest BCUT2D eigenvalue weighted by Crippen LogP contribution is 2.31. The number of fused-ring (bicyclic) bond motifs is 1. The number of hydrogen-bond acceptors (Lipinski definition) is 4. The first-order chi connectivity index (χ1) is 20.0. The van der Waals surface area contributed by atoms with E-state index in [1.165, 1.54) is 0 Å². The SMILES string of the molecule is CCCCc1nc2ccc(NC(=O)NCc3ccccc3)cc2n1Cc1ccc(-c2ccccc2OC(=O)O)cc1. The summed E-state index contributed by atoms with van der Waals surface area (Å²) in [5, 5.41) is 14.9. The molecule has 0 atom stereocenters. The van der Waals surface area contributed by atoms with E-state index < -0.39 is 6.16 Å². The molecule has 3 N–H and O–H groups in total. The first kappa shape index (κ1) is 27.5. The number of amides is 2. The molecule has 8 nitrogen and oxygen atoms in total. The Morgan fingerprint density at radius 2 is 1.66 bits per heavy atom. The smallest absolute Gasteiger partial charge is 0.449 e. The maximum absolute atomic E-state index is 12.6. The van der Waals surface area contributed by atoms with Gasteiger partial charge in [-0.15, -0.1) is 0 Å². The molecule has 4 aromatic carbocycles. The highest BCUT2D eigenvalue weighted by atomic mass is 16.7. The van der Waals surface area contributed by atoms with E-state index in [4.69, 9.17) is 14.8 Å². The van der Waals surface area contributed by atoms with Crippen LogP contribution >= 0.6 is 0 Å². The summed E-state index contributed by atoms with van der Waals surface area (Å²) in [6.45, 7) is 3.21. The molecule has 0 aliphatic heterocycles. The fourth-order valence-corrected chi connectivity index (χ4v) is 4.77. The van der Waals surface area contributed by atoms with Gasteiger partial charge in [0.05, 0.1) is 11.0 Å². The number of carbonyl (C=O) groups is 2. The molecule has 1 heterocycles. The van der Waals surface area contributed by atoms with Gasteiger partial charge in [0.2, 0.25) is 0 Å². The van der Waals surface area contributed by atoms with Crippen molar-refractivity contribution in [1.29, 1.82) is 0 Å². The van der Waals surface area contributed by atoms with Crippen LogP contribution in [-0.2, 0) is 19.5 Å². The van der Waals surface area contributed by atoms with Crippen molar-refractivity contribution in [3.05, 3.63) is 114 Å². The molecule has 0 saturated carbocycles. The number of unbranched alkanes of at least 4 members (excludes halogenated alkanes) is 1. The second kappa shape index (κ2) is 12.8. The number of para-hydroxylation sites is 1. The summed E-state index contributed by atoms with van der Waals surface area (Å²) < 4.78 is 7.17. The summed E-state index contributed by atoms with van der Waals surface area (Å²) in [6.07, 6.45) is 1.59. The number of anilines is 1. The van der Waals surface area contributed by atoms with Crippen LogP contribution in [0.15, 0.2) is 97.1 Å². The van der Waals surface area contributed by atoms with E-state index in [2.05, 4.69) is 22.1 Å². The molecule has 1 aromatic heterocycles. The number of aromatic nitrogens is 2. The number of carboxylic acid groups (broad SMARTS) is 1. The van der Waals surface area contributed by atoms with Gasteiger partial charge in [0.15, 0.2) is 0 Å². The number of urea groups is 1. The fourth-order valence-electron chi connectivity index (χ4n) is 4.77. The van der Waals surface area contributed by atoms with Crippen molar-refractivity contribution in [2.45, 2.75) is 39.3 Å². The molecular formula is C33H32N4O4. The highest BCUT2D eigenvalue weighted by Gasteiger charge is 2.14. The number of ether oxygens (including phenoxy) is 1. The van der Waals surface area contributed by atoms with E-state index in [0.717, 1.165) is 52.8 Å². The van der Waals surface area contributed by atoms with Gasteiger partial charge in [-0.3, -0.25) is 0 Å². The zero-order valence-corrected chi connectivity index (χ0v) is 22.8. The molecular weight excluding hydrogens is 516 g/mol. The van der Waals surface area contributed by atoms with Crippen LogP contribution in [0.1, 0.15) is 36.7 Å². The van der Waals surface area contributed by atoms with E-state index in [-0.39, 0.29) is 6.03 Å². The van der Waals surface area contributed by atoms with E-state index in [1.54, 1.807) is 12.1 Å². The standard InChI is InChI=1S/C33H32N4O4/c1-2-3-13-31-36-28-19-18-26(35-32(38)34-21-23-9-5-4-6-10-23)20-29(28)37(31)22-24-14-16-25(17-15-24)27-11-7-8-12-30(27)41-33(39)40/h4-12,14-20H,2-3,13,21-22H2,1H3,(H,39,40)(H2,34,35,38). The van der Waals surface area contributed by atoms with Crippen LogP contribution in [0.2, 0.25) is 0 Å². The maximum atomic E-state index is 12.6. The van der Waals surface area contributed by atoms with Gasteiger partial charge in [-0.25, -0.2) is 14.6 Å². The van der Waals surface area contributed by atoms with Crippen LogP contribution in [0.25, 0.3) is 22.2 Å². The lowest BCUT2D eigenvalue weighted by molar-refractivity contribution is 0.144.